The number of carbonyl (C=O) groups is 2. The fraction of sp³-hybridized carbons (Fsp3) is 0.286. The predicted molar refractivity (Wildman–Crippen MR) is 137 cm³/mol. The summed E-state index contributed by atoms with van der Waals surface area (Å²) in [5.41, 5.74) is 0. The number of hydrogen-bond donors (Lipinski definition) is 0. The molecule has 8 heteroatoms. The Kier molecular flexibility index (Phi) is 12.5. The van der Waals surface area contributed by atoms with Gasteiger partial charge >= 0.3 is 11.9 Å². The Morgan fingerprint density at radius 3 is 1.44 bits per heavy atom. The molecule has 0 aliphatic carbocycles. The standard InChI is InChI=1S/C28H32O8/c1-5-15-31-17-21(35-27(29)7-3)19-33-25-13-14-26(24-12-10-9-11-23(24)25)34-20-22(18-32-16-6-2)36-28(30)8-4/h5-14,21-22H,1-4,15-20H2. The quantitative estimate of drug-likeness (QED) is 0.131. The van der Waals surface area contributed by atoms with E-state index in [-0.39, 0.29) is 26.4 Å². The van der Waals surface area contributed by atoms with E-state index in [1.54, 1.807) is 24.3 Å². The minimum absolute atomic E-state index is 0.0706. The van der Waals surface area contributed by atoms with Crippen LogP contribution in [-0.4, -0.2) is 63.8 Å². The summed E-state index contributed by atoms with van der Waals surface area (Å²) in [4.78, 5) is 23.4. The van der Waals surface area contributed by atoms with Gasteiger partial charge in [0.2, 0.25) is 0 Å². The predicted octanol–water partition coefficient (Wildman–Crippen LogP) is 4.20. The lowest BCUT2D eigenvalue weighted by Crippen LogP contribution is -2.29. The van der Waals surface area contributed by atoms with E-state index in [0.717, 1.165) is 22.9 Å². The van der Waals surface area contributed by atoms with Crippen LogP contribution in [0, 0.1) is 0 Å². The first-order valence-corrected chi connectivity index (χ1v) is 11.3. The van der Waals surface area contributed by atoms with Crippen LogP contribution in [0.4, 0.5) is 0 Å². The van der Waals surface area contributed by atoms with Crippen molar-refractivity contribution >= 4 is 22.7 Å². The van der Waals surface area contributed by atoms with Crippen molar-refractivity contribution in [2.45, 2.75) is 12.2 Å². The minimum Gasteiger partial charge on any atom is -0.489 e. The van der Waals surface area contributed by atoms with Crippen LogP contribution in [-0.2, 0) is 28.5 Å². The molecule has 0 aromatic heterocycles. The maximum atomic E-state index is 11.7. The number of esters is 2. The van der Waals surface area contributed by atoms with Gasteiger partial charge in [0.1, 0.15) is 24.7 Å². The van der Waals surface area contributed by atoms with Gasteiger partial charge in [-0.1, -0.05) is 49.6 Å². The summed E-state index contributed by atoms with van der Waals surface area (Å²) >= 11 is 0. The highest BCUT2D eigenvalue weighted by Gasteiger charge is 2.18. The van der Waals surface area contributed by atoms with Crippen molar-refractivity contribution in [1.29, 1.82) is 0 Å². The summed E-state index contributed by atoms with van der Waals surface area (Å²) < 4.78 is 33.5. The zero-order valence-electron chi connectivity index (χ0n) is 20.3. The minimum atomic E-state index is -0.638. The second kappa shape index (κ2) is 15.9. The number of carbonyl (C=O) groups excluding carboxylic acids is 2. The van der Waals surface area contributed by atoms with Crippen molar-refractivity contribution in [2.24, 2.45) is 0 Å². The van der Waals surface area contributed by atoms with E-state index in [0.29, 0.717) is 24.7 Å². The molecular formula is C28H32O8. The van der Waals surface area contributed by atoms with Crippen molar-refractivity contribution < 1.29 is 38.0 Å². The fourth-order valence-electron chi connectivity index (χ4n) is 3.08. The maximum Gasteiger partial charge on any atom is 0.330 e. The van der Waals surface area contributed by atoms with E-state index in [2.05, 4.69) is 26.3 Å². The molecule has 0 radical (unpaired) electrons. The summed E-state index contributed by atoms with van der Waals surface area (Å²) in [6.07, 6.45) is 4.11. The van der Waals surface area contributed by atoms with Gasteiger partial charge in [0, 0.05) is 22.9 Å². The van der Waals surface area contributed by atoms with Gasteiger partial charge in [-0.05, 0) is 12.1 Å². The highest BCUT2D eigenvalue weighted by atomic mass is 16.6. The van der Waals surface area contributed by atoms with Crippen LogP contribution in [0.15, 0.2) is 87.0 Å². The number of benzene rings is 2. The molecule has 0 N–H and O–H groups in total. The molecule has 8 nitrogen and oxygen atoms in total. The highest BCUT2D eigenvalue weighted by molar-refractivity contribution is 5.93. The summed E-state index contributed by atoms with van der Waals surface area (Å²) in [7, 11) is 0. The van der Waals surface area contributed by atoms with Crippen LogP contribution in [0.1, 0.15) is 0 Å². The van der Waals surface area contributed by atoms with Crippen molar-refractivity contribution in [1.82, 2.24) is 0 Å². The number of ether oxygens (including phenoxy) is 6. The van der Waals surface area contributed by atoms with Crippen LogP contribution in [0.3, 0.4) is 0 Å². The van der Waals surface area contributed by atoms with Gasteiger partial charge in [0.15, 0.2) is 12.2 Å². The number of fused-ring (bicyclic) bond motifs is 1. The molecule has 0 spiro atoms. The summed E-state index contributed by atoms with van der Waals surface area (Å²) in [6, 6.07) is 11.0. The molecule has 0 aliphatic heterocycles. The summed E-state index contributed by atoms with van der Waals surface area (Å²) in [6.45, 7) is 15.1. The molecule has 2 unspecified atom stereocenters. The van der Waals surface area contributed by atoms with E-state index in [1.807, 2.05) is 24.3 Å². The van der Waals surface area contributed by atoms with Gasteiger partial charge in [0.05, 0.1) is 26.4 Å². The van der Waals surface area contributed by atoms with Gasteiger partial charge in [-0.2, -0.15) is 0 Å². The second-order valence-corrected chi connectivity index (χ2v) is 7.41. The highest BCUT2D eigenvalue weighted by Crippen LogP contribution is 2.33. The van der Waals surface area contributed by atoms with Gasteiger partial charge in [-0.3, -0.25) is 0 Å². The van der Waals surface area contributed by atoms with Crippen molar-refractivity contribution in [3.05, 3.63) is 87.0 Å². The van der Waals surface area contributed by atoms with Crippen molar-refractivity contribution in [3.63, 3.8) is 0 Å². The first-order valence-electron chi connectivity index (χ1n) is 11.3. The second-order valence-electron chi connectivity index (χ2n) is 7.41. The average Bonchev–Trinajstić information content (AvgIpc) is 2.90. The Balaban J connectivity index is 2.14. The third kappa shape index (κ3) is 9.40. The molecule has 192 valence electrons. The number of hydrogen-bond acceptors (Lipinski definition) is 8. The molecule has 0 heterocycles. The molecule has 0 fully saturated rings. The molecule has 2 aromatic carbocycles. The molecule has 0 aliphatic rings. The van der Waals surface area contributed by atoms with Crippen LogP contribution >= 0.6 is 0 Å². The Morgan fingerprint density at radius 2 is 1.08 bits per heavy atom. The molecule has 0 saturated heterocycles. The van der Waals surface area contributed by atoms with Crippen LogP contribution < -0.4 is 9.47 Å². The van der Waals surface area contributed by atoms with Crippen molar-refractivity contribution in [3.8, 4) is 11.5 Å². The van der Waals surface area contributed by atoms with E-state index in [1.165, 1.54) is 0 Å². The van der Waals surface area contributed by atoms with Crippen LogP contribution in [0.2, 0.25) is 0 Å². The molecule has 0 bridgehead atoms. The summed E-state index contributed by atoms with van der Waals surface area (Å²) in [5, 5.41) is 1.58. The fourth-order valence-corrected chi connectivity index (χ4v) is 3.08. The Morgan fingerprint density at radius 1 is 0.667 bits per heavy atom. The smallest absolute Gasteiger partial charge is 0.330 e. The number of rotatable bonds is 18. The molecule has 2 aromatic rings. The van der Waals surface area contributed by atoms with Crippen LogP contribution in [0.5, 0.6) is 11.5 Å². The normalized spacial score (nSPS) is 12.1. The molecule has 2 atom stereocenters. The van der Waals surface area contributed by atoms with Gasteiger partial charge in [-0.15, -0.1) is 13.2 Å². The SMILES string of the molecule is C=CCOCC(COc1ccc(OCC(COCC=C)OC(=O)C=C)c2ccccc12)OC(=O)C=C. The largest absolute Gasteiger partial charge is 0.489 e. The molecule has 2 rings (SSSR count). The summed E-state index contributed by atoms with van der Waals surface area (Å²) in [5.74, 6) is 0.0157. The molecule has 0 saturated carbocycles. The topological polar surface area (TPSA) is 89.5 Å². The van der Waals surface area contributed by atoms with Crippen molar-refractivity contribution in [2.75, 3.05) is 39.6 Å². The van der Waals surface area contributed by atoms with Gasteiger partial charge in [0.25, 0.3) is 0 Å². The average molecular weight is 497 g/mol. The monoisotopic (exact) mass is 496 g/mol. The lowest BCUT2D eigenvalue weighted by atomic mass is 10.1. The van der Waals surface area contributed by atoms with E-state index in [9.17, 15) is 9.59 Å². The van der Waals surface area contributed by atoms with Gasteiger partial charge in [-0.25, -0.2) is 9.59 Å². The molecular weight excluding hydrogens is 464 g/mol. The first kappa shape index (κ1) is 28.4. The lowest BCUT2D eigenvalue weighted by Gasteiger charge is -2.20. The van der Waals surface area contributed by atoms with E-state index < -0.39 is 24.1 Å². The molecule has 0 amide bonds. The lowest BCUT2D eigenvalue weighted by molar-refractivity contribution is -0.148. The van der Waals surface area contributed by atoms with Gasteiger partial charge < -0.3 is 28.4 Å². The third-order valence-corrected chi connectivity index (χ3v) is 4.67. The first-order chi connectivity index (χ1) is 17.5. The Hall–Kier alpha value is -3.88. The zero-order valence-corrected chi connectivity index (χ0v) is 20.3. The Labute approximate surface area is 211 Å². The van der Waals surface area contributed by atoms with Crippen LogP contribution in [0.25, 0.3) is 10.8 Å². The maximum absolute atomic E-state index is 11.7. The third-order valence-electron chi connectivity index (χ3n) is 4.67. The van der Waals surface area contributed by atoms with E-state index >= 15 is 0 Å². The Bertz CT molecular complexity index is 963. The zero-order chi connectivity index (χ0) is 26.2. The molecule has 36 heavy (non-hydrogen) atoms. The van der Waals surface area contributed by atoms with E-state index in [4.69, 9.17) is 28.4 Å².